The minimum absolute atomic E-state index is 0.402. The van der Waals surface area contributed by atoms with Gasteiger partial charge in [-0.2, -0.15) is 0 Å². The largest absolute Gasteiger partial charge is 0.355 e. The second-order valence-corrected chi connectivity index (χ2v) is 7.93. The Morgan fingerprint density at radius 1 is 1.00 bits per heavy atom. The third-order valence-corrected chi connectivity index (χ3v) is 6.25. The molecular weight excluding hydrogens is 330 g/mol. The van der Waals surface area contributed by atoms with Crippen LogP contribution in [0.5, 0.6) is 0 Å². The van der Waals surface area contributed by atoms with Crippen LogP contribution in [0.2, 0.25) is 0 Å². The van der Waals surface area contributed by atoms with Gasteiger partial charge in [-0.05, 0) is 61.6 Å². The Balaban J connectivity index is 1.49. The quantitative estimate of drug-likeness (QED) is 0.569. The lowest BCUT2D eigenvalue weighted by Crippen LogP contribution is -2.43. The number of anilines is 1. The standard InChI is InChI=1S/C24H29N3/c1-2-24(15-8-12-20-10-4-3-5-11-20)16-9-17-27(18-24)23-21-13-6-7-14-22(21)25-19-26-23/h3-7,10-11,13-14,19H,2,8-9,12,15-18H2,1H3. The van der Waals surface area contributed by atoms with Gasteiger partial charge in [-0.15, -0.1) is 0 Å². The fraction of sp³-hybridized carbons (Fsp3) is 0.417. The van der Waals surface area contributed by atoms with Crippen molar-refractivity contribution in [3.63, 3.8) is 0 Å². The molecule has 1 unspecified atom stereocenters. The lowest BCUT2D eigenvalue weighted by Gasteiger charge is -2.43. The van der Waals surface area contributed by atoms with Crippen LogP contribution in [0.3, 0.4) is 0 Å². The second-order valence-electron chi connectivity index (χ2n) is 7.93. The molecule has 0 saturated carbocycles. The summed E-state index contributed by atoms with van der Waals surface area (Å²) in [7, 11) is 0. The number of aryl methyl sites for hydroxylation is 1. The van der Waals surface area contributed by atoms with Crippen LogP contribution < -0.4 is 4.90 Å². The summed E-state index contributed by atoms with van der Waals surface area (Å²) >= 11 is 0. The first kappa shape index (κ1) is 18.0. The van der Waals surface area contributed by atoms with Crippen LogP contribution in [-0.2, 0) is 6.42 Å². The van der Waals surface area contributed by atoms with Gasteiger partial charge < -0.3 is 4.90 Å². The van der Waals surface area contributed by atoms with Crippen LogP contribution in [0.1, 0.15) is 44.6 Å². The Labute approximate surface area is 162 Å². The Morgan fingerprint density at radius 3 is 2.67 bits per heavy atom. The Bertz CT molecular complexity index is 872. The van der Waals surface area contributed by atoms with Crippen molar-refractivity contribution in [2.24, 2.45) is 5.41 Å². The van der Waals surface area contributed by atoms with Crippen molar-refractivity contribution in [3.8, 4) is 0 Å². The number of fused-ring (bicyclic) bond motifs is 1. The summed E-state index contributed by atoms with van der Waals surface area (Å²) < 4.78 is 0. The van der Waals surface area contributed by atoms with Crippen molar-refractivity contribution in [1.29, 1.82) is 0 Å². The Morgan fingerprint density at radius 2 is 1.81 bits per heavy atom. The zero-order chi connectivity index (χ0) is 18.5. The van der Waals surface area contributed by atoms with E-state index in [1.54, 1.807) is 6.33 Å². The van der Waals surface area contributed by atoms with Gasteiger partial charge in [-0.3, -0.25) is 0 Å². The van der Waals surface area contributed by atoms with E-state index in [0.29, 0.717) is 5.41 Å². The van der Waals surface area contributed by atoms with E-state index in [1.807, 2.05) is 0 Å². The molecule has 1 aromatic heterocycles. The molecule has 3 aromatic rings. The van der Waals surface area contributed by atoms with Gasteiger partial charge in [0.2, 0.25) is 0 Å². The summed E-state index contributed by atoms with van der Waals surface area (Å²) in [5.41, 5.74) is 2.90. The van der Waals surface area contributed by atoms with E-state index in [1.165, 1.54) is 49.5 Å². The third kappa shape index (κ3) is 3.97. The van der Waals surface area contributed by atoms with Crippen LogP contribution in [0.25, 0.3) is 10.9 Å². The average molecular weight is 360 g/mol. The van der Waals surface area contributed by atoms with E-state index in [-0.39, 0.29) is 0 Å². The molecular formula is C24H29N3. The highest BCUT2D eigenvalue weighted by atomic mass is 15.2. The van der Waals surface area contributed by atoms with E-state index in [9.17, 15) is 0 Å². The minimum Gasteiger partial charge on any atom is -0.355 e. The Kier molecular flexibility index (Phi) is 5.38. The maximum Gasteiger partial charge on any atom is 0.139 e. The highest BCUT2D eigenvalue weighted by Gasteiger charge is 2.34. The van der Waals surface area contributed by atoms with Crippen molar-refractivity contribution >= 4 is 16.7 Å². The normalized spacial score (nSPS) is 20.1. The smallest absolute Gasteiger partial charge is 0.139 e. The molecule has 0 bridgehead atoms. The van der Waals surface area contributed by atoms with Gasteiger partial charge >= 0.3 is 0 Å². The van der Waals surface area contributed by atoms with Gasteiger partial charge in [0.05, 0.1) is 5.52 Å². The molecule has 0 radical (unpaired) electrons. The maximum absolute atomic E-state index is 4.67. The molecule has 0 aliphatic carbocycles. The van der Waals surface area contributed by atoms with Gasteiger partial charge in [0, 0.05) is 18.5 Å². The number of aromatic nitrogens is 2. The number of piperidine rings is 1. The third-order valence-electron chi connectivity index (χ3n) is 6.25. The molecule has 1 atom stereocenters. The molecule has 1 fully saturated rings. The van der Waals surface area contributed by atoms with E-state index in [4.69, 9.17) is 0 Å². The molecule has 2 aromatic carbocycles. The summed E-state index contributed by atoms with van der Waals surface area (Å²) in [4.78, 5) is 11.6. The lowest BCUT2D eigenvalue weighted by atomic mass is 9.73. The molecule has 1 aliphatic heterocycles. The molecule has 3 nitrogen and oxygen atoms in total. The molecule has 2 heterocycles. The number of para-hydroxylation sites is 1. The van der Waals surface area contributed by atoms with E-state index in [2.05, 4.69) is 76.4 Å². The molecule has 0 N–H and O–H groups in total. The highest BCUT2D eigenvalue weighted by molar-refractivity contribution is 5.89. The monoisotopic (exact) mass is 359 g/mol. The van der Waals surface area contributed by atoms with Gasteiger partial charge in [0.25, 0.3) is 0 Å². The SMILES string of the molecule is CCC1(CCCc2ccccc2)CCCN(c2ncnc3ccccc23)C1. The van der Waals surface area contributed by atoms with Gasteiger partial charge in [-0.1, -0.05) is 49.4 Å². The minimum atomic E-state index is 0.402. The number of hydrogen-bond donors (Lipinski definition) is 0. The number of nitrogens with zero attached hydrogens (tertiary/aromatic N) is 3. The number of rotatable bonds is 6. The molecule has 3 heteroatoms. The average Bonchev–Trinajstić information content (AvgIpc) is 2.74. The van der Waals surface area contributed by atoms with Crippen molar-refractivity contribution in [1.82, 2.24) is 9.97 Å². The number of benzene rings is 2. The van der Waals surface area contributed by atoms with Crippen molar-refractivity contribution in [3.05, 3.63) is 66.5 Å². The van der Waals surface area contributed by atoms with Gasteiger partial charge in [0.1, 0.15) is 12.1 Å². The van der Waals surface area contributed by atoms with Crippen LogP contribution in [0, 0.1) is 5.41 Å². The summed E-state index contributed by atoms with van der Waals surface area (Å²) in [5.74, 6) is 1.11. The van der Waals surface area contributed by atoms with Crippen molar-refractivity contribution in [2.45, 2.75) is 45.4 Å². The predicted octanol–water partition coefficient (Wildman–Crippen LogP) is 5.65. The Hall–Kier alpha value is -2.42. The molecule has 1 saturated heterocycles. The van der Waals surface area contributed by atoms with Crippen molar-refractivity contribution in [2.75, 3.05) is 18.0 Å². The molecule has 27 heavy (non-hydrogen) atoms. The van der Waals surface area contributed by atoms with E-state index in [0.717, 1.165) is 24.4 Å². The molecule has 140 valence electrons. The summed E-state index contributed by atoms with van der Waals surface area (Å²) in [6, 6.07) is 19.3. The fourth-order valence-electron chi connectivity index (χ4n) is 4.61. The van der Waals surface area contributed by atoms with Crippen molar-refractivity contribution < 1.29 is 0 Å². The first-order valence-corrected chi connectivity index (χ1v) is 10.3. The fourth-order valence-corrected chi connectivity index (χ4v) is 4.61. The molecule has 1 aliphatic rings. The van der Waals surface area contributed by atoms with E-state index < -0.39 is 0 Å². The van der Waals surface area contributed by atoms with Crippen LogP contribution >= 0.6 is 0 Å². The summed E-state index contributed by atoms with van der Waals surface area (Å²) in [5, 5.41) is 1.18. The molecule has 4 rings (SSSR count). The van der Waals surface area contributed by atoms with Crippen LogP contribution in [-0.4, -0.2) is 23.1 Å². The van der Waals surface area contributed by atoms with Crippen LogP contribution in [0.4, 0.5) is 5.82 Å². The highest BCUT2D eigenvalue weighted by Crippen LogP contribution is 2.40. The first-order valence-electron chi connectivity index (χ1n) is 10.3. The summed E-state index contributed by atoms with van der Waals surface area (Å²) in [6.45, 7) is 4.57. The van der Waals surface area contributed by atoms with E-state index >= 15 is 0 Å². The molecule has 0 amide bonds. The lowest BCUT2D eigenvalue weighted by molar-refractivity contribution is 0.198. The maximum atomic E-state index is 4.67. The zero-order valence-corrected chi connectivity index (χ0v) is 16.3. The number of hydrogen-bond acceptors (Lipinski definition) is 3. The first-order chi connectivity index (χ1) is 13.3. The predicted molar refractivity (Wildman–Crippen MR) is 113 cm³/mol. The van der Waals surface area contributed by atoms with Gasteiger partial charge in [-0.25, -0.2) is 9.97 Å². The van der Waals surface area contributed by atoms with Crippen LogP contribution in [0.15, 0.2) is 60.9 Å². The zero-order valence-electron chi connectivity index (χ0n) is 16.3. The second kappa shape index (κ2) is 8.08. The van der Waals surface area contributed by atoms with Gasteiger partial charge in [0.15, 0.2) is 0 Å². The molecule has 0 spiro atoms. The summed E-state index contributed by atoms with van der Waals surface area (Å²) in [6.07, 6.45) is 9.26. The topological polar surface area (TPSA) is 29.0 Å².